The van der Waals surface area contributed by atoms with Gasteiger partial charge in [0.05, 0.1) is 11.4 Å². The molecule has 13 aromatic carbocycles. The molecule has 0 amide bonds. The second-order valence-corrected chi connectivity index (χ2v) is 31.7. The van der Waals surface area contributed by atoms with E-state index in [1.807, 2.05) is 0 Å². The lowest BCUT2D eigenvalue weighted by Gasteiger charge is -2.55. The van der Waals surface area contributed by atoms with E-state index in [0.717, 1.165) is 58.7 Å². The highest BCUT2D eigenvalue weighted by molar-refractivity contribution is 6.37. The molecule has 0 aliphatic heterocycles. The van der Waals surface area contributed by atoms with Gasteiger partial charge in [-0.1, -0.05) is 216 Å². The van der Waals surface area contributed by atoms with Crippen LogP contribution >= 0.6 is 0 Å². The van der Waals surface area contributed by atoms with Crippen LogP contribution in [0.4, 0.5) is 34.1 Å². The summed E-state index contributed by atoms with van der Waals surface area (Å²) in [4.78, 5) is 5.17. The number of anilines is 6. The number of rotatable bonds is 14. The molecule has 0 heterocycles. The molecule has 21 rings (SSSR count). The summed E-state index contributed by atoms with van der Waals surface area (Å²) in [6.45, 7) is 11.0. The van der Waals surface area contributed by atoms with Crippen LogP contribution in [0.2, 0.25) is 0 Å². The molecule has 2 heteroatoms. The molecule has 13 aromatic rings. The van der Waals surface area contributed by atoms with Gasteiger partial charge < -0.3 is 9.80 Å². The van der Waals surface area contributed by atoms with Crippen LogP contribution in [0.5, 0.6) is 0 Å². The average molecular weight is 1280 g/mol. The van der Waals surface area contributed by atoms with Crippen molar-refractivity contribution in [2.75, 3.05) is 9.80 Å². The topological polar surface area (TPSA) is 6.48 Å². The Balaban J connectivity index is 0.837. The minimum Gasteiger partial charge on any atom is -0.310 e. The molecule has 0 spiro atoms. The van der Waals surface area contributed by atoms with E-state index in [-0.39, 0.29) is 0 Å². The highest BCUT2D eigenvalue weighted by Gasteiger charge is 2.51. The monoisotopic (exact) mass is 1280 g/mol. The molecule has 0 atom stereocenters. The van der Waals surface area contributed by atoms with Crippen molar-refractivity contribution < 1.29 is 0 Å². The van der Waals surface area contributed by atoms with Crippen molar-refractivity contribution in [1.82, 2.24) is 0 Å². The van der Waals surface area contributed by atoms with E-state index in [9.17, 15) is 0 Å². The number of fused-ring (bicyclic) bond motifs is 2. The van der Waals surface area contributed by atoms with Gasteiger partial charge in [0.1, 0.15) is 0 Å². The third kappa shape index (κ3) is 10.6. The van der Waals surface area contributed by atoms with Gasteiger partial charge in [0.15, 0.2) is 0 Å². The molecule has 8 aliphatic rings. The Bertz CT molecular complexity index is 5160. The van der Waals surface area contributed by atoms with Crippen molar-refractivity contribution in [1.29, 1.82) is 0 Å². The molecule has 0 N–H and O–H groups in total. The fraction of sp³-hybridized carbons (Fsp3) is 0.258. The van der Waals surface area contributed by atoms with Gasteiger partial charge in [0, 0.05) is 33.5 Å². The Morgan fingerprint density at radius 3 is 0.869 bits per heavy atom. The van der Waals surface area contributed by atoms with Gasteiger partial charge in [0.25, 0.3) is 0 Å². The quantitative estimate of drug-likeness (QED) is 0.0608. The first-order valence-corrected chi connectivity index (χ1v) is 37.4. The third-order valence-corrected chi connectivity index (χ3v) is 25.3. The van der Waals surface area contributed by atoms with Gasteiger partial charge in [-0.15, -0.1) is 0 Å². The third-order valence-electron chi connectivity index (χ3n) is 25.3. The molecular weight excluding hydrogens is 1190 g/mol. The van der Waals surface area contributed by atoms with Crippen LogP contribution < -0.4 is 9.80 Å². The summed E-state index contributed by atoms with van der Waals surface area (Å²) in [6.07, 6.45) is 18.7. The van der Waals surface area contributed by atoms with Crippen LogP contribution in [0.3, 0.4) is 0 Å². The SMILES string of the molecule is Cc1ccc(C(=Cc2ccc(N(c3ccc(C)cc3)c3ccc4c5c(C6C7CC8CC(C7)CC6C8)ccc6c(N(c7ccc(C)cc7)c7ccc(/C=C(/c8ccccc8)c8ccc(C)cc8)cc7)ccc(c7c(C8C9CC%10CC(C9)CC8C%10)ccc3c47)c65)cc2)c2ccc(C)cc2)cc1. The van der Waals surface area contributed by atoms with Gasteiger partial charge >= 0.3 is 0 Å². The molecule has 0 radical (unpaired) electrons. The van der Waals surface area contributed by atoms with Crippen LogP contribution in [0.15, 0.2) is 249 Å². The zero-order chi connectivity index (χ0) is 66.1. The molecule has 8 bridgehead atoms. The number of benzene rings is 13. The smallest absolute Gasteiger partial charge is 0.0540 e. The predicted molar refractivity (Wildman–Crippen MR) is 420 cm³/mol. The molecule has 2 nitrogen and oxygen atoms in total. The second-order valence-electron chi connectivity index (χ2n) is 31.7. The Labute approximate surface area is 585 Å². The van der Waals surface area contributed by atoms with E-state index in [2.05, 4.69) is 305 Å². The maximum Gasteiger partial charge on any atom is 0.0540 e. The molecule has 8 fully saturated rings. The lowest BCUT2D eigenvalue weighted by atomic mass is 9.50. The van der Waals surface area contributed by atoms with E-state index in [0.29, 0.717) is 11.8 Å². The van der Waals surface area contributed by atoms with Crippen molar-refractivity contribution >= 4 is 101 Å². The fourth-order valence-corrected chi connectivity index (χ4v) is 21.2. The average Bonchev–Trinajstić information content (AvgIpc) is 0.687. The summed E-state index contributed by atoms with van der Waals surface area (Å²) in [7, 11) is 0. The van der Waals surface area contributed by atoms with Crippen molar-refractivity contribution in [3.05, 3.63) is 321 Å². The highest BCUT2D eigenvalue weighted by Crippen LogP contribution is 2.64. The van der Waals surface area contributed by atoms with Gasteiger partial charge in [-0.3, -0.25) is 0 Å². The minimum absolute atomic E-state index is 0.543. The zero-order valence-corrected chi connectivity index (χ0v) is 58.1. The zero-order valence-electron chi connectivity index (χ0n) is 58.1. The number of hydrogen-bond donors (Lipinski definition) is 0. The van der Waals surface area contributed by atoms with Crippen molar-refractivity contribution in [2.24, 2.45) is 47.3 Å². The van der Waals surface area contributed by atoms with E-state index in [1.54, 1.807) is 11.1 Å². The Hall–Kier alpha value is -9.76. The molecular formula is C97H88N2. The van der Waals surface area contributed by atoms with E-state index in [1.165, 1.54) is 202 Å². The minimum atomic E-state index is 0.543. The first-order valence-electron chi connectivity index (χ1n) is 37.4. The molecule has 0 aromatic heterocycles. The Morgan fingerprint density at radius 2 is 0.545 bits per heavy atom. The van der Waals surface area contributed by atoms with Crippen molar-refractivity contribution in [3.8, 4) is 0 Å². The normalized spacial score (nSPS) is 22.9. The predicted octanol–water partition coefficient (Wildman–Crippen LogP) is 26.5. The molecule has 8 aliphatic carbocycles. The van der Waals surface area contributed by atoms with E-state index >= 15 is 0 Å². The number of hydrogen-bond acceptors (Lipinski definition) is 2. The van der Waals surface area contributed by atoms with Crippen LogP contribution in [0, 0.1) is 82.0 Å². The van der Waals surface area contributed by atoms with Gasteiger partial charge in [-0.05, 0) is 319 Å². The maximum absolute atomic E-state index is 2.68. The van der Waals surface area contributed by atoms with Crippen LogP contribution in [-0.4, -0.2) is 0 Å². The summed E-state index contributed by atoms with van der Waals surface area (Å²) in [5.41, 5.74) is 26.4. The number of aryl methyl sites for hydroxylation is 5. The molecule has 0 unspecified atom stereocenters. The highest BCUT2D eigenvalue weighted by atomic mass is 15.1. The second kappa shape index (κ2) is 24.3. The van der Waals surface area contributed by atoms with E-state index in [4.69, 9.17) is 0 Å². The summed E-state index contributed by atoms with van der Waals surface area (Å²) < 4.78 is 0. The lowest BCUT2D eigenvalue weighted by molar-refractivity contribution is -0.00237. The maximum atomic E-state index is 2.68. The van der Waals surface area contributed by atoms with Crippen LogP contribution in [0.1, 0.15) is 148 Å². The van der Waals surface area contributed by atoms with Gasteiger partial charge in [0.2, 0.25) is 0 Å². The van der Waals surface area contributed by atoms with Crippen LogP contribution in [0.25, 0.3) is 66.4 Å². The standard InChI is InChI=1S/C97H88N2/c1-59-11-25-71(26-12-59)88(70-9-7-6-8-10-70)57-64-21-35-80(36-22-64)98(78-31-17-62(4)18-32-78)90-45-43-86-94-82(90)39-41-84(92-74-49-66-47-67(51-74)52-75(92)50-66)96(94)87-44-46-91(83-40-42-85(97(86)95(83)87)93-76-53-68-48-69(55-76)56-77(93)54-68)99(79-33-19-63(5)20-34-79)81-37-23-65(24-38-81)58-89(72-27-13-60(2)14-28-72)73-29-15-61(3)16-30-73/h6-46,57-58,66-69,74-77,92-93H,47-56H2,1-5H3/b88-57-. The summed E-state index contributed by atoms with van der Waals surface area (Å²) >= 11 is 0. The van der Waals surface area contributed by atoms with Crippen molar-refractivity contribution in [3.63, 3.8) is 0 Å². The fourth-order valence-electron chi connectivity index (χ4n) is 21.2. The Kier molecular flexibility index (Phi) is 14.8. The first kappa shape index (κ1) is 60.4. The van der Waals surface area contributed by atoms with Gasteiger partial charge in [-0.2, -0.15) is 0 Å². The summed E-state index contributed by atoms with van der Waals surface area (Å²) in [5.74, 6) is 7.52. The van der Waals surface area contributed by atoms with Crippen LogP contribution in [-0.2, 0) is 0 Å². The van der Waals surface area contributed by atoms with Gasteiger partial charge in [-0.25, -0.2) is 0 Å². The number of nitrogens with zero attached hydrogens (tertiary/aromatic N) is 2. The molecule has 0 saturated heterocycles. The van der Waals surface area contributed by atoms with Crippen molar-refractivity contribution in [2.45, 2.75) is 111 Å². The molecule has 99 heavy (non-hydrogen) atoms. The molecule has 486 valence electrons. The Morgan fingerprint density at radius 1 is 0.263 bits per heavy atom. The summed E-state index contributed by atoms with van der Waals surface area (Å²) in [5, 5.41) is 11.5. The largest absolute Gasteiger partial charge is 0.310 e. The summed E-state index contributed by atoms with van der Waals surface area (Å²) in [6, 6.07) is 96.4. The first-order chi connectivity index (χ1) is 48.5. The lowest BCUT2D eigenvalue weighted by Crippen LogP contribution is -2.43. The molecule has 8 saturated carbocycles. The van der Waals surface area contributed by atoms with E-state index < -0.39 is 0 Å².